The van der Waals surface area contributed by atoms with Gasteiger partial charge in [0.15, 0.2) is 0 Å². The van der Waals surface area contributed by atoms with E-state index in [0.29, 0.717) is 0 Å². The predicted octanol–water partition coefficient (Wildman–Crippen LogP) is 15.5. The predicted molar refractivity (Wildman–Crippen MR) is 258 cm³/mol. The molecule has 0 heterocycles. The molecule has 1 heteroatoms. The van der Waals surface area contributed by atoms with E-state index in [1.165, 1.54) is 39.0 Å². The van der Waals surface area contributed by atoms with Crippen LogP contribution >= 0.6 is 0 Å². The zero-order valence-electron chi connectivity index (χ0n) is 33.9. The van der Waals surface area contributed by atoms with Crippen LogP contribution in [0.4, 0.5) is 11.4 Å². The smallest absolute Gasteiger partial charge is 0.0485 e. The Morgan fingerprint density at radius 3 is 1.05 bits per heavy atom. The molecule has 0 aromatic heterocycles. The summed E-state index contributed by atoms with van der Waals surface area (Å²) in [7, 11) is 0. The van der Waals surface area contributed by atoms with Crippen LogP contribution in [-0.4, -0.2) is 0 Å². The second-order valence-electron chi connectivity index (χ2n) is 14.6. The van der Waals surface area contributed by atoms with Crippen molar-refractivity contribution in [1.82, 2.24) is 0 Å². The highest BCUT2D eigenvalue weighted by Crippen LogP contribution is 2.35. The first-order chi connectivity index (χ1) is 29.7. The normalized spacial score (nSPS) is 10.9. The van der Waals surface area contributed by atoms with Gasteiger partial charge in [-0.25, -0.2) is 0 Å². The summed E-state index contributed by atoms with van der Waals surface area (Å²) >= 11 is 0. The maximum atomic E-state index is 2.33. The Kier molecular flexibility index (Phi) is 12.8. The summed E-state index contributed by atoms with van der Waals surface area (Å²) < 4.78 is 0. The molecule has 0 atom stereocenters. The summed E-state index contributed by atoms with van der Waals surface area (Å²) in [6.07, 6.45) is 15.4. The number of benzene rings is 8. The molecule has 0 spiro atoms. The summed E-state index contributed by atoms with van der Waals surface area (Å²) in [6.45, 7) is 2.20. The minimum Gasteiger partial charge on any atom is -0.316 e. The maximum Gasteiger partial charge on any atom is 0.0485 e. The highest BCUT2D eigenvalue weighted by molar-refractivity contribution is 5.86. The van der Waals surface area contributed by atoms with Gasteiger partial charge in [-0.15, -0.1) is 0 Å². The lowest BCUT2D eigenvalue weighted by atomic mass is 9.97. The fraction of sp³-hybridized carbons (Fsp3) is 0.0169. The topological polar surface area (TPSA) is 3.24 Å². The van der Waals surface area contributed by atoms with Crippen molar-refractivity contribution >= 4 is 40.2 Å². The van der Waals surface area contributed by atoms with Crippen LogP contribution in [-0.2, 0) is 0 Å². The largest absolute Gasteiger partial charge is 0.316 e. The number of nitrogens with zero attached hydrogens (tertiary/aromatic N) is 1. The molecule has 1 nitrogen and oxygen atoms in total. The van der Waals surface area contributed by atoms with Gasteiger partial charge in [-0.1, -0.05) is 237 Å². The molecule has 8 aromatic rings. The number of rotatable bonds is 13. The van der Waals surface area contributed by atoms with Crippen molar-refractivity contribution in [2.45, 2.75) is 6.92 Å². The fourth-order valence-corrected chi connectivity index (χ4v) is 7.46. The summed E-state index contributed by atoms with van der Waals surface area (Å²) in [4.78, 5) is 2.33. The monoisotopic (exact) mass is 769 g/mol. The van der Waals surface area contributed by atoms with Gasteiger partial charge < -0.3 is 4.90 Å². The van der Waals surface area contributed by atoms with Crippen molar-refractivity contribution in [2.75, 3.05) is 4.90 Å². The van der Waals surface area contributed by atoms with E-state index in [-0.39, 0.29) is 0 Å². The maximum absolute atomic E-state index is 2.33. The Morgan fingerprint density at radius 1 is 0.350 bits per heavy atom. The Labute approximate surface area is 355 Å². The highest BCUT2D eigenvalue weighted by atomic mass is 15.1. The average Bonchev–Trinajstić information content (AvgIpc) is 3.32. The average molecular weight is 770 g/mol. The molecule has 0 N–H and O–H groups in total. The van der Waals surface area contributed by atoms with Crippen LogP contribution in [0.15, 0.2) is 255 Å². The molecule has 0 aliphatic heterocycles. The minimum absolute atomic E-state index is 1.08. The Balaban J connectivity index is 1.15. The molecule has 60 heavy (non-hydrogen) atoms. The van der Waals surface area contributed by atoms with E-state index in [1.54, 1.807) is 0 Å². The van der Waals surface area contributed by atoms with Gasteiger partial charge in [0.2, 0.25) is 0 Å². The standard InChI is InChI=1S/C59H47N/c1-46-44-48(23-21-37-57(51-28-12-4-13-29-51)52-30-14-5-15-31-52)40-43-59(46)60(45-58(53-32-16-6-17-33-53)54-34-18-7-19-35-54)55-41-38-47(39-42-55)22-20-36-56(49-24-8-2-9-25-49)50-26-10-3-11-27-50/h2-45H,1H3. The first-order valence-electron chi connectivity index (χ1n) is 20.5. The Bertz CT molecular complexity index is 2620. The van der Waals surface area contributed by atoms with Crippen molar-refractivity contribution in [1.29, 1.82) is 0 Å². The zero-order chi connectivity index (χ0) is 40.8. The van der Waals surface area contributed by atoms with E-state index in [0.717, 1.165) is 39.2 Å². The molecule has 0 aliphatic carbocycles. The van der Waals surface area contributed by atoms with Gasteiger partial charge in [0.05, 0.1) is 0 Å². The van der Waals surface area contributed by atoms with Crippen molar-refractivity contribution in [3.8, 4) is 0 Å². The molecule has 0 fully saturated rings. The lowest BCUT2D eigenvalue weighted by molar-refractivity contribution is 1.24. The molecule has 8 rings (SSSR count). The van der Waals surface area contributed by atoms with Gasteiger partial charge in [-0.3, -0.25) is 0 Å². The third-order valence-corrected chi connectivity index (χ3v) is 10.5. The van der Waals surface area contributed by atoms with Crippen LogP contribution in [0, 0.1) is 6.92 Å². The van der Waals surface area contributed by atoms with Crippen LogP contribution in [0.5, 0.6) is 0 Å². The molecule has 0 aliphatic rings. The van der Waals surface area contributed by atoms with Crippen LogP contribution in [0.2, 0.25) is 0 Å². The summed E-state index contributed by atoms with van der Waals surface area (Å²) in [5.41, 5.74) is 16.2. The molecule has 0 amide bonds. The van der Waals surface area contributed by atoms with Crippen LogP contribution in [0.3, 0.4) is 0 Å². The molecule has 288 valence electrons. The van der Waals surface area contributed by atoms with E-state index in [9.17, 15) is 0 Å². The van der Waals surface area contributed by atoms with Gasteiger partial charge in [-0.05, 0) is 92.4 Å². The van der Waals surface area contributed by atoms with Gasteiger partial charge in [0.1, 0.15) is 0 Å². The highest BCUT2D eigenvalue weighted by Gasteiger charge is 2.14. The van der Waals surface area contributed by atoms with Crippen LogP contribution in [0.1, 0.15) is 50.1 Å². The second kappa shape index (κ2) is 19.6. The molecule has 0 unspecified atom stereocenters. The first-order valence-corrected chi connectivity index (χ1v) is 20.5. The molecule has 0 saturated heterocycles. The fourth-order valence-electron chi connectivity index (χ4n) is 7.46. The molecule has 0 bridgehead atoms. The van der Waals surface area contributed by atoms with Crippen LogP contribution < -0.4 is 4.90 Å². The number of hydrogen-bond donors (Lipinski definition) is 0. The van der Waals surface area contributed by atoms with Gasteiger partial charge in [0.25, 0.3) is 0 Å². The lowest BCUT2D eigenvalue weighted by Gasteiger charge is -2.25. The number of anilines is 2. The van der Waals surface area contributed by atoms with Gasteiger partial charge in [0, 0.05) is 23.1 Å². The van der Waals surface area contributed by atoms with Crippen molar-refractivity contribution in [3.63, 3.8) is 0 Å². The van der Waals surface area contributed by atoms with E-state index >= 15 is 0 Å². The molecular weight excluding hydrogens is 723 g/mol. The van der Waals surface area contributed by atoms with E-state index in [1.807, 2.05) is 0 Å². The number of aryl methyl sites for hydroxylation is 1. The quantitative estimate of drug-likeness (QED) is 0.106. The minimum atomic E-state index is 1.08. The first kappa shape index (κ1) is 39.1. The molecular formula is C59H47N. The lowest BCUT2D eigenvalue weighted by Crippen LogP contribution is -2.12. The van der Waals surface area contributed by atoms with Crippen molar-refractivity contribution in [3.05, 3.63) is 305 Å². The second-order valence-corrected chi connectivity index (χ2v) is 14.6. The van der Waals surface area contributed by atoms with Crippen LogP contribution in [0.25, 0.3) is 28.9 Å². The third kappa shape index (κ3) is 9.85. The molecule has 0 saturated carbocycles. The summed E-state index contributed by atoms with van der Waals surface area (Å²) in [6, 6.07) is 79.2. The van der Waals surface area contributed by atoms with Gasteiger partial charge in [-0.2, -0.15) is 0 Å². The zero-order valence-corrected chi connectivity index (χ0v) is 33.9. The summed E-state index contributed by atoms with van der Waals surface area (Å²) in [5, 5.41) is 0. The SMILES string of the molecule is Cc1cc(C=CC=C(c2ccccc2)c2ccccc2)ccc1N(C=C(c1ccccc1)c1ccccc1)c1ccc(C=CC=C(c2ccccc2)c2ccccc2)cc1. The van der Waals surface area contributed by atoms with Crippen molar-refractivity contribution < 1.29 is 0 Å². The Hall–Kier alpha value is -7.74. The van der Waals surface area contributed by atoms with Crippen molar-refractivity contribution in [2.24, 2.45) is 0 Å². The molecule has 8 aromatic carbocycles. The Morgan fingerprint density at radius 2 is 0.683 bits per heavy atom. The molecule has 0 radical (unpaired) electrons. The summed E-state index contributed by atoms with van der Waals surface area (Å²) in [5.74, 6) is 0. The van der Waals surface area contributed by atoms with E-state index in [2.05, 4.69) is 279 Å². The van der Waals surface area contributed by atoms with E-state index < -0.39 is 0 Å². The van der Waals surface area contributed by atoms with Gasteiger partial charge >= 0.3 is 0 Å². The number of hydrogen-bond acceptors (Lipinski definition) is 1. The number of allylic oxidation sites excluding steroid dienone is 4. The van der Waals surface area contributed by atoms with E-state index in [4.69, 9.17) is 0 Å². The third-order valence-electron chi connectivity index (χ3n) is 10.5.